The summed E-state index contributed by atoms with van der Waals surface area (Å²) >= 11 is 5.91. The van der Waals surface area contributed by atoms with Crippen LogP contribution in [0.15, 0.2) is 36.7 Å². The standard InChI is InChI=1S/C23H26ClFN4O4S/c1-29(34(3,30)31)15-5-7-16(8-6-15)33-22-11-17-20(12-21(22)32-2)26-13-27-23(17)28-14-4-9-19(25)18(24)10-14/h4,9-13,15-16H,5-8H2,1-3H3,(H,26,27,28)/t15-,16-. The van der Waals surface area contributed by atoms with Crippen molar-refractivity contribution in [2.24, 2.45) is 0 Å². The van der Waals surface area contributed by atoms with E-state index in [0.717, 1.165) is 12.8 Å². The highest BCUT2D eigenvalue weighted by Crippen LogP contribution is 2.37. The number of rotatable bonds is 7. The van der Waals surface area contributed by atoms with Gasteiger partial charge < -0.3 is 14.8 Å². The van der Waals surface area contributed by atoms with Gasteiger partial charge in [-0.2, -0.15) is 0 Å². The molecule has 3 aromatic rings. The van der Waals surface area contributed by atoms with Gasteiger partial charge in [0.1, 0.15) is 18.0 Å². The minimum atomic E-state index is -3.23. The summed E-state index contributed by atoms with van der Waals surface area (Å²) in [4.78, 5) is 8.66. The van der Waals surface area contributed by atoms with Crippen LogP contribution in [0.5, 0.6) is 11.5 Å². The average molecular weight is 509 g/mol. The van der Waals surface area contributed by atoms with E-state index in [1.807, 2.05) is 6.07 Å². The highest BCUT2D eigenvalue weighted by Gasteiger charge is 2.29. The Hall–Kier alpha value is -2.69. The minimum absolute atomic E-state index is 0.00572. The van der Waals surface area contributed by atoms with Crippen molar-refractivity contribution >= 4 is 44.0 Å². The molecule has 0 bridgehead atoms. The van der Waals surface area contributed by atoms with Gasteiger partial charge in [-0.25, -0.2) is 27.1 Å². The molecule has 1 fully saturated rings. The van der Waals surface area contributed by atoms with Crippen molar-refractivity contribution < 1.29 is 22.3 Å². The summed E-state index contributed by atoms with van der Waals surface area (Å²) < 4.78 is 50.5. The third-order valence-corrected chi connectivity index (χ3v) is 7.71. The molecule has 34 heavy (non-hydrogen) atoms. The molecule has 11 heteroatoms. The Balaban J connectivity index is 1.57. The molecule has 0 amide bonds. The van der Waals surface area contributed by atoms with E-state index in [4.69, 9.17) is 21.1 Å². The molecule has 0 saturated heterocycles. The Morgan fingerprint density at radius 3 is 2.50 bits per heavy atom. The van der Waals surface area contributed by atoms with Crippen molar-refractivity contribution in [3.8, 4) is 11.5 Å². The van der Waals surface area contributed by atoms with Crippen molar-refractivity contribution in [3.63, 3.8) is 0 Å². The second kappa shape index (κ2) is 9.89. The maximum Gasteiger partial charge on any atom is 0.211 e. The number of hydrogen-bond donors (Lipinski definition) is 1. The summed E-state index contributed by atoms with van der Waals surface area (Å²) in [5, 5.41) is 3.86. The topological polar surface area (TPSA) is 93.7 Å². The highest BCUT2D eigenvalue weighted by molar-refractivity contribution is 7.88. The summed E-state index contributed by atoms with van der Waals surface area (Å²) in [5.41, 5.74) is 1.23. The van der Waals surface area contributed by atoms with Crippen LogP contribution in [0.2, 0.25) is 5.02 Å². The van der Waals surface area contributed by atoms with Crippen LogP contribution in [-0.2, 0) is 10.0 Å². The molecule has 182 valence electrons. The lowest BCUT2D eigenvalue weighted by Crippen LogP contribution is -2.40. The molecule has 4 rings (SSSR count). The number of fused-ring (bicyclic) bond motifs is 1. The monoisotopic (exact) mass is 508 g/mol. The predicted molar refractivity (Wildman–Crippen MR) is 130 cm³/mol. The number of sulfonamides is 1. The number of hydrogen-bond acceptors (Lipinski definition) is 7. The first-order valence-corrected chi connectivity index (χ1v) is 13.0. The van der Waals surface area contributed by atoms with E-state index in [0.29, 0.717) is 46.7 Å². The fourth-order valence-corrected chi connectivity index (χ4v) is 5.04. The first kappa shape index (κ1) is 24.4. The van der Waals surface area contributed by atoms with E-state index in [2.05, 4.69) is 15.3 Å². The Kier molecular flexibility index (Phi) is 7.11. The Bertz CT molecular complexity index is 1300. The van der Waals surface area contributed by atoms with Gasteiger partial charge in [-0.05, 0) is 49.9 Å². The van der Waals surface area contributed by atoms with E-state index in [1.165, 1.54) is 29.0 Å². The molecule has 0 radical (unpaired) electrons. The quantitative estimate of drug-likeness (QED) is 0.492. The number of aromatic nitrogens is 2. The van der Waals surface area contributed by atoms with Crippen LogP contribution in [0, 0.1) is 5.82 Å². The van der Waals surface area contributed by atoms with Crippen molar-refractivity contribution in [2.45, 2.75) is 37.8 Å². The summed E-state index contributed by atoms with van der Waals surface area (Å²) in [6.07, 6.45) is 5.44. The zero-order valence-corrected chi connectivity index (χ0v) is 20.7. The lowest BCUT2D eigenvalue weighted by molar-refractivity contribution is 0.122. The van der Waals surface area contributed by atoms with Gasteiger partial charge >= 0.3 is 0 Å². The number of anilines is 2. The number of nitrogens with one attached hydrogen (secondary N) is 1. The third kappa shape index (κ3) is 5.34. The molecule has 0 atom stereocenters. The molecular weight excluding hydrogens is 483 g/mol. The fraction of sp³-hybridized carbons (Fsp3) is 0.391. The number of nitrogens with zero attached hydrogens (tertiary/aromatic N) is 3. The number of ether oxygens (including phenoxy) is 2. The maximum atomic E-state index is 13.5. The van der Waals surface area contributed by atoms with Gasteiger partial charge in [0.2, 0.25) is 10.0 Å². The van der Waals surface area contributed by atoms with Gasteiger partial charge in [-0.15, -0.1) is 0 Å². The second-order valence-electron chi connectivity index (χ2n) is 8.32. The van der Waals surface area contributed by atoms with Crippen molar-refractivity contribution in [3.05, 3.63) is 47.5 Å². The van der Waals surface area contributed by atoms with Crippen LogP contribution in [-0.4, -0.2) is 55.3 Å². The van der Waals surface area contributed by atoms with E-state index in [9.17, 15) is 12.8 Å². The number of methoxy groups -OCH3 is 1. The van der Waals surface area contributed by atoms with Crippen molar-refractivity contribution in [1.82, 2.24) is 14.3 Å². The average Bonchev–Trinajstić information content (AvgIpc) is 2.81. The van der Waals surface area contributed by atoms with E-state index >= 15 is 0 Å². The molecule has 0 unspecified atom stereocenters. The van der Waals surface area contributed by atoms with Crippen LogP contribution in [0.25, 0.3) is 10.9 Å². The first-order chi connectivity index (χ1) is 16.2. The van der Waals surface area contributed by atoms with Gasteiger partial charge in [0, 0.05) is 30.2 Å². The third-order valence-electron chi connectivity index (χ3n) is 6.08. The number of benzene rings is 2. The van der Waals surface area contributed by atoms with E-state index < -0.39 is 15.8 Å². The Morgan fingerprint density at radius 1 is 1.12 bits per heavy atom. The largest absolute Gasteiger partial charge is 0.493 e. The van der Waals surface area contributed by atoms with E-state index in [1.54, 1.807) is 26.3 Å². The van der Waals surface area contributed by atoms with E-state index in [-0.39, 0.29) is 17.2 Å². The molecule has 8 nitrogen and oxygen atoms in total. The molecular formula is C23H26ClFN4O4S. The lowest BCUT2D eigenvalue weighted by Gasteiger charge is -2.33. The lowest BCUT2D eigenvalue weighted by atomic mass is 9.93. The predicted octanol–water partition coefficient (Wildman–Crippen LogP) is 4.76. The minimum Gasteiger partial charge on any atom is -0.493 e. The molecule has 1 heterocycles. The van der Waals surface area contributed by atoms with Crippen molar-refractivity contribution in [1.29, 1.82) is 0 Å². The van der Waals surface area contributed by atoms with Gasteiger partial charge in [0.05, 0.1) is 30.0 Å². The van der Waals surface area contributed by atoms with Crippen LogP contribution in [0.1, 0.15) is 25.7 Å². The zero-order chi connectivity index (χ0) is 24.5. The van der Waals surface area contributed by atoms with Crippen LogP contribution in [0.3, 0.4) is 0 Å². The van der Waals surface area contributed by atoms with Gasteiger partial charge in [0.25, 0.3) is 0 Å². The molecule has 1 saturated carbocycles. The number of halogens is 2. The van der Waals surface area contributed by atoms with Crippen LogP contribution < -0.4 is 14.8 Å². The SMILES string of the molecule is COc1cc2ncnc(Nc3ccc(F)c(Cl)c3)c2cc1O[C@H]1CC[C@H](N(C)S(C)(=O)=O)CC1. The Morgan fingerprint density at radius 2 is 1.85 bits per heavy atom. The molecule has 0 spiro atoms. The summed E-state index contributed by atoms with van der Waals surface area (Å²) in [6.45, 7) is 0. The van der Waals surface area contributed by atoms with Gasteiger partial charge in [0.15, 0.2) is 11.5 Å². The molecule has 2 aromatic carbocycles. The first-order valence-electron chi connectivity index (χ1n) is 10.8. The molecule has 1 aliphatic rings. The summed E-state index contributed by atoms with van der Waals surface area (Å²) in [5.74, 6) is 1.10. The molecule has 1 aromatic heterocycles. The Labute approximate surface area is 203 Å². The smallest absolute Gasteiger partial charge is 0.211 e. The zero-order valence-electron chi connectivity index (χ0n) is 19.1. The normalized spacial score (nSPS) is 18.8. The maximum absolute atomic E-state index is 13.5. The van der Waals surface area contributed by atoms with Crippen LogP contribution in [0.4, 0.5) is 15.9 Å². The second-order valence-corrected chi connectivity index (χ2v) is 10.8. The highest BCUT2D eigenvalue weighted by atomic mass is 35.5. The van der Waals surface area contributed by atoms with Crippen LogP contribution >= 0.6 is 11.6 Å². The molecule has 1 aliphatic carbocycles. The molecule has 0 aliphatic heterocycles. The molecule has 1 N–H and O–H groups in total. The summed E-state index contributed by atoms with van der Waals surface area (Å²) in [6, 6.07) is 7.90. The van der Waals surface area contributed by atoms with Gasteiger partial charge in [-0.1, -0.05) is 11.6 Å². The van der Waals surface area contributed by atoms with Crippen molar-refractivity contribution in [2.75, 3.05) is 25.7 Å². The van der Waals surface area contributed by atoms with Gasteiger partial charge in [-0.3, -0.25) is 0 Å². The fourth-order valence-electron chi connectivity index (χ4n) is 4.10. The summed E-state index contributed by atoms with van der Waals surface area (Å²) in [7, 11) is -0.0432.